The summed E-state index contributed by atoms with van der Waals surface area (Å²) in [5.41, 5.74) is 1.51. The minimum absolute atomic E-state index is 0.125. The zero-order valence-electron chi connectivity index (χ0n) is 19.8. The highest BCUT2D eigenvalue weighted by atomic mass is 19.2. The van der Waals surface area contributed by atoms with Gasteiger partial charge in [-0.2, -0.15) is 5.10 Å². The average Bonchev–Trinajstić information content (AvgIpc) is 3.51. The topological polar surface area (TPSA) is 78.0 Å². The molecule has 10 heteroatoms. The SMILES string of the molecule is COc1cc(/C=C/c2nc3n(n2)CCC[C@@]3(CO)c2cc(F)c(F)c(F)c2)ccc1-n1cnc(C)c1. The van der Waals surface area contributed by atoms with Gasteiger partial charge in [-0.25, -0.2) is 27.8 Å². The number of hydrogen-bond donors (Lipinski definition) is 1. The van der Waals surface area contributed by atoms with Crippen molar-refractivity contribution in [3.8, 4) is 11.4 Å². The van der Waals surface area contributed by atoms with Crippen molar-refractivity contribution >= 4 is 12.2 Å². The fourth-order valence-corrected chi connectivity index (χ4v) is 4.66. The monoisotopic (exact) mass is 495 g/mol. The quantitative estimate of drug-likeness (QED) is 0.400. The Hall–Kier alpha value is -3.92. The van der Waals surface area contributed by atoms with Crippen LogP contribution < -0.4 is 4.74 Å². The van der Waals surface area contributed by atoms with E-state index in [1.54, 1.807) is 24.2 Å². The third-order valence-corrected chi connectivity index (χ3v) is 6.51. The molecule has 1 aliphatic heterocycles. The highest BCUT2D eigenvalue weighted by molar-refractivity contribution is 5.69. The maximum atomic E-state index is 14.0. The molecule has 7 nitrogen and oxygen atoms in total. The molecular weight excluding hydrogens is 471 g/mol. The predicted octanol–water partition coefficient (Wildman–Crippen LogP) is 4.44. The minimum Gasteiger partial charge on any atom is -0.495 e. The molecule has 0 fully saturated rings. The lowest BCUT2D eigenvalue weighted by atomic mass is 9.74. The summed E-state index contributed by atoms with van der Waals surface area (Å²) in [6, 6.07) is 7.55. The van der Waals surface area contributed by atoms with Crippen molar-refractivity contribution in [3.63, 3.8) is 0 Å². The van der Waals surface area contributed by atoms with E-state index in [-0.39, 0.29) is 5.56 Å². The number of rotatable bonds is 6. The summed E-state index contributed by atoms with van der Waals surface area (Å²) in [4.78, 5) is 8.83. The number of halogens is 3. The molecule has 0 saturated carbocycles. The molecule has 1 aliphatic rings. The number of benzene rings is 2. The maximum Gasteiger partial charge on any atom is 0.194 e. The number of ether oxygens (including phenoxy) is 1. The van der Waals surface area contributed by atoms with Gasteiger partial charge in [0, 0.05) is 12.7 Å². The molecular formula is C26H24F3N5O2. The van der Waals surface area contributed by atoms with E-state index in [0.717, 1.165) is 29.1 Å². The number of methoxy groups -OCH3 is 1. The van der Waals surface area contributed by atoms with Crippen LogP contribution >= 0.6 is 0 Å². The van der Waals surface area contributed by atoms with Crippen LogP contribution in [0, 0.1) is 24.4 Å². The van der Waals surface area contributed by atoms with E-state index in [4.69, 9.17) is 4.74 Å². The second kappa shape index (κ2) is 9.27. The number of aromatic nitrogens is 5. The van der Waals surface area contributed by atoms with Crippen LogP contribution in [0.4, 0.5) is 13.2 Å². The molecule has 3 heterocycles. The molecule has 186 valence electrons. The molecule has 0 radical (unpaired) electrons. The van der Waals surface area contributed by atoms with Crippen LogP contribution in [0.15, 0.2) is 42.9 Å². The summed E-state index contributed by atoms with van der Waals surface area (Å²) < 4.78 is 50.7. The van der Waals surface area contributed by atoms with Crippen molar-refractivity contribution in [2.24, 2.45) is 0 Å². The maximum absolute atomic E-state index is 14.0. The van der Waals surface area contributed by atoms with E-state index in [2.05, 4.69) is 15.1 Å². The molecule has 5 rings (SSSR count). The first-order valence-electron chi connectivity index (χ1n) is 11.4. The first-order chi connectivity index (χ1) is 17.3. The van der Waals surface area contributed by atoms with E-state index in [9.17, 15) is 18.3 Å². The Morgan fingerprint density at radius 3 is 2.58 bits per heavy atom. The fraction of sp³-hybridized carbons (Fsp3) is 0.269. The van der Waals surface area contributed by atoms with Gasteiger partial charge >= 0.3 is 0 Å². The predicted molar refractivity (Wildman–Crippen MR) is 127 cm³/mol. The molecule has 0 bridgehead atoms. The van der Waals surface area contributed by atoms with Gasteiger partial charge in [0.05, 0.1) is 36.8 Å². The number of aliphatic hydroxyl groups is 1. The fourth-order valence-electron chi connectivity index (χ4n) is 4.66. The zero-order valence-corrected chi connectivity index (χ0v) is 19.8. The van der Waals surface area contributed by atoms with Crippen molar-refractivity contribution in [3.05, 3.63) is 88.8 Å². The van der Waals surface area contributed by atoms with Gasteiger partial charge in [0.1, 0.15) is 11.6 Å². The van der Waals surface area contributed by atoms with Gasteiger partial charge in [0.25, 0.3) is 0 Å². The molecule has 4 aromatic rings. The summed E-state index contributed by atoms with van der Waals surface area (Å²) >= 11 is 0. The third-order valence-electron chi connectivity index (χ3n) is 6.51. The Balaban J connectivity index is 1.48. The number of hydrogen-bond acceptors (Lipinski definition) is 5. The van der Waals surface area contributed by atoms with Crippen molar-refractivity contribution in [2.75, 3.05) is 13.7 Å². The Kier molecular flexibility index (Phi) is 6.13. The Labute approximate surface area is 205 Å². The van der Waals surface area contributed by atoms with Crippen molar-refractivity contribution in [2.45, 2.75) is 31.7 Å². The van der Waals surface area contributed by atoms with E-state index < -0.39 is 29.5 Å². The van der Waals surface area contributed by atoms with E-state index in [1.807, 2.05) is 42.0 Å². The minimum atomic E-state index is -1.54. The Morgan fingerprint density at radius 1 is 1.14 bits per heavy atom. The number of nitrogens with zero attached hydrogens (tertiary/aromatic N) is 5. The first kappa shape index (κ1) is 23.8. The largest absolute Gasteiger partial charge is 0.495 e. The van der Waals surface area contributed by atoms with Gasteiger partial charge in [-0.3, -0.25) is 0 Å². The second-order valence-electron chi connectivity index (χ2n) is 8.80. The van der Waals surface area contributed by atoms with E-state index >= 15 is 0 Å². The summed E-state index contributed by atoms with van der Waals surface area (Å²) in [5.74, 6) is -2.75. The molecule has 2 aromatic heterocycles. The van der Waals surface area contributed by atoms with Crippen LogP contribution in [-0.4, -0.2) is 43.1 Å². The normalized spacial score (nSPS) is 17.5. The Bertz CT molecular complexity index is 1440. The van der Waals surface area contributed by atoms with E-state index in [1.165, 1.54) is 0 Å². The van der Waals surface area contributed by atoms with Crippen LogP contribution in [-0.2, 0) is 12.0 Å². The molecule has 0 amide bonds. The lowest BCUT2D eigenvalue weighted by molar-refractivity contribution is 0.180. The number of aliphatic hydroxyl groups excluding tert-OH is 1. The number of imidazole rings is 1. The molecule has 0 spiro atoms. The lowest BCUT2D eigenvalue weighted by Crippen LogP contribution is -2.39. The highest BCUT2D eigenvalue weighted by Crippen LogP contribution is 2.40. The van der Waals surface area contributed by atoms with Gasteiger partial charge in [-0.05, 0) is 61.2 Å². The van der Waals surface area contributed by atoms with Crippen LogP contribution in [0.2, 0.25) is 0 Å². The molecule has 0 aliphatic carbocycles. The Morgan fingerprint density at radius 2 is 1.92 bits per heavy atom. The molecule has 2 aromatic carbocycles. The molecule has 1 atom stereocenters. The zero-order chi connectivity index (χ0) is 25.4. The van der Waals surface area contributed by atoms with Crippen LogP contribution in [0.3, 0.4) is 0 Å². The van der Waals surface area contributed by atoms with Crippen LogP contribution in [0.25, 0.3) is 17.8 Å². The average molecular weight is 496 g/mol. The third kappa shape index (κ3) is 4.07. The lowest BCUT2D eigenvalue weighted by Gasteiger charge is -2.35. The molecule has 0 unspecified atom stereocenters. The molecule has 1 N–H and O–H groups in total. The van der Waals surface area contributed by atoms with Crippen molar-refractivity contribution in [1.82, 2.24) is 24.3 Å². The number of fused-ring (bicyclic) bond motifs is 1. The molecule has 36 heavy (non-hydrogen) atoms. The summed E-state index contributed by atoms with van der Waals surface area (Å²) in [5, 5.41) is 14.8. The van der Waals surface area contributed by atoms with Gasteiger partial charge in [-0.1, -0.05) is 12.1 Å². The standard InChI is InChI=1S/C26H24F3N5O2/c1-16-13-33(15-30-16)21-6-4-17(10-22(21)36-2)5-7-23-31-25-26(14-35,8-3-9-34(25)32-23)18-11-19(27)24(29)20(28)12-18/h4-7,10-13,15,35H,3,8-9,14H2,1-2H3/b7-5+/t26-/m1/s1. The van der Waals surface area contributed by atoms with Gasteiger partial charge < -0.3 is 14.4 Å². The van der Waals surface area contributed by atoms with Crippen LogP contribution in [0.5, 0.6) is 5.75 Å². The van der Waals surface area contributed by atoms with Crippen molar-refractivity contribution < 1.29 is 23.0 Å². The smallest absolute Gasteiger partial charge is 0.194 e. The van der Waals surface area contributed by atoms with Gasteiger partial charge in [-0.15, -0.1) is 0 Å². The van der Waals surface area contributed by atoms with E-state index in [0.29, 0.717) is 36.8 Å². The summed E-state index contributed by atoms with van der Waals surface area (Å²) in [6.07, 6.45) is 8.16. The second-order valence-corrected chi connectivity index (χ2v) is 8.80. The number of aryl methyl sites for hydroxylation is 2. The van der Waals surface area contributed by atoms with Crippen molar-refractivity contribution in [1.29, 1.82) is 0 Å². The van der Waals surface area contributed by atoms with Gasteiger partial charge in [0.15, 0.2) is 23.3 Å². The highest BCUT2D eigenvalue weighted by Gasteiger charge is 2.42. The first-order valence-corrected chi connectivity index (χ1v) is 11.4. The van der Waals surface area contributed by atoms with Crippen LogP contribution in [0.1, 0.15) is 41.3 Å². The van der Waals surface area contributed by atoms with Gasteiger partial charge in [0.2, 0.25) is 0 Å². The summed E-state index contributed by atoms with van der Waals surface area (Å²) in [6.45, 7) is 1.99. The summed E-state index contributed by atoms with van der Waals surface area (Å²) in [7, 11) is 1.59. The molecule has 0 saturated heterocycles.